The zero-order valence-electron chi connectivity index (χ0n) is 13.8. The highest BCUT2D eigenvalue weighted by atomic mass is 16.1. The molecule has 1 fully saturated rings. The maximum absolute atomic E-state index is 12.2. The number of carbonyl (C=O) groups excluding carboxylic acids is 1. The summed E-state index contributed by atoms with van der Waals surface area (Å²) < 4.78 is 0. The Hall–Kier alpha value is -2.40. The van der Waals surface area contributed by atoms with Gasteiger partial charge >= 0.3 is 0 Å². The summed E-state index contributed by atoms with van der Waals surface area (Å²) in [6, 6.07) is 11.9. The molecule has 126 valence electrons. The second-order valence-electron chi connectivity index (χ2n) is 6.39. The van der Waals surface area contributed by atoms with E-state index >= 15 is 0 Å². The number of amides is 1. The van der Waals surface area contributed by atoms with Gasteiger partial charge in [0.1, 0.15) is 0 Å². The molecule has 5 nitrogen and oxygen atoms in total. The normalized spacial score (nSPS) is 16.0. The zero-order chi connectivity index (χ0) is 16.8. The number of benzene rings is 1. The highest BCUT2D eigenvalue weighted by Gasteiger charge is 2.20. The largest absolute Gasteiger partial charge is 0.399 e. The number of nitrogens with one attached hydrogen (secondary N) is 1. The number of nitrogens with zero attached hydrogens (tertiary/aromatic N) is 2. The highest BCUT2D eigenvalue weighted by Crippen LogP contribution is 2.14. The first-order valence-electron chi connectivity index (χ1n) is 8.44. The zero-order valence-corrected chi connectivity index (χ0v) is 13.8. The van der Waals surface area contributed by atoms with Crippen LogP contribution in [0.4, 0.5) is 5.69 Å². The summed E-state index contributed by atoms with van der Waals surface area (Å²) in [6.07, 6.45) is 6.08. The van der Waals surface area contributed by atoms with Crippen molar-refractivity contribution < 1.29 is 4.79 Å². The van der Waals surface area contributed by atoms with E-state index in [9.17, 15) is 4.79 Å². The Bertz CT molecular complexity index is 649. The van der Waals surface area contributed by atoms with E-state index in [-0.39, 0.29) is 11.9 Å². The van der Waals surface area contributed by atoms with Crippen molar-refractivity contribution in [3.63, 3.8) is 0 Å². The van der Waals surface area contributed by atoms with Crippen molar-refractivity contribution in [1.82, 2.24) is 15.2 Å². The van der Waals surface area contributed by atoms with Crippen LogP contribution in [0.3, 0.4) is 0 Å². The first-order chi connectivity index (χ1) is 11.7. The topological polar surface area (TPSA) is 71.2 Å². The quantitative estimate of drug-likeness (QED) is 0.825. The highest BCUT2D eigenvalue weighted by molar-refractivity contribution is 5.79. The molecule has 24 heavy (non-hydrogen) atoms. The lowest BCUT2D eigenvalue weighted by molar-refractivity contribution is -0.121. The number of aromatic nitrogens is 1. The number of likely N-dealkylation sites (tertiary alicyclic amines) is 1. The van der Waals surface area contributed by atoms with Crippen molar-refractivity contribution in [3.05, 3.63) is 59.9 Å². The molecule has 1 aliphatic heterocycles. The van der Waals surface area contributed by atoms with Crippen LogP contribution < -0.4 is 11.1 Å². The van der Waals surface area contributed by atoms with Gasteiger partial charge in [-0.3, -0.25) is 14.7 Å². The molecule has 0 atom stereocenters. The summed E-state index contributed by atoms with van der Waals surface area (Å²) >= 11 is 0. The van der Waals surface area contributed by atoms with Crippen LogP contribution in [0.5, 0.6) is 0 Å². The van der Waals surface area contributed by atoms with Gasteiger partial charge in [-0.25, -0.2) is 0 Å². The Morgan fingerprint density at radius 1 is 1.08 bits per heavy atom. The lowest BCUT2D eigenvalue weighted by Gasteiger charge is -2.32. The smallest absolute Gasteiger partial charge is 0.224 e. The van der Waals surface area contributed by atoms with Gasteiger partial charge in [-0.1, -0.05) is 12.1 Å². The van der Waals surface area contributed by atoms with Gasteiger partial charge in [0.25, 0.3) is 0 Å². The van der Waals surface area contributed by atoms with Gasteiger partial charge in [0.05, 0.1) is 6.42 Å². The van der Waals surface area contributed by atoms with E-state index in [1.807, 2.05) is 36.7 Å². The summed E-state index contributed by atoms with van der Waals surface area (Å²) in [6.45, 7) is 2.97. The van der Waals surface area contributed by atoms with Crippen LogP contribution in [0.2, 0.25) is 0 Å². The Morgan fingerprint density at radius 3 is 2.42 bits per heavy atom. The minimum atomic E-state index is 0.0901. The minimum Gasteiger partial charge on any atom is -0.399 e. The number of nitrogens with two attached hydrogens (primary N) is 1. The van der Waals surface area contributed by atoms with Crippen molar-refractivity contribution in [1.29, 1.82) is 0 Å². The summed E-state index contributed by atoms with van der Waals surface area (Å²) in [5, 5.41) is 3.16. The van der Waals surface area contributed by atoms with Crippen LogP contribution in [0.1, 0.15) is 24.0 Å². The molecular formula is C19H24N4O. The molecule has 0 unspecified atom stereocenters. The first kappa shape index (κ1) is 16.5. The molecule has 1 aromatic heterocycles. The Morgan fingerprint density at radius 2 is 1.75 bits per heavy atom. The van der Waals surface area contributed by atoms with E-state index in [1.54, 1.807) is 0 Å². The fraction of sp³-hybridized carbons (Fsp3) is 0.368. The molecule has 5 heteroatoms. The summed E-state index contributed by atoms with van der Waals surface area (Å²) in [7, 11) is 0. The molecule has 1 aliphatic rings. The van der Waals surface area contributed by atoms with Gasteiger partial charge in [-0.15, -0.1) is 0 Å². The maximum Gasteiger partial charge on any atom is 0.224 e. The monoisotopic (exact) mass is 324 g/mol. The molecule has 3 rings (SSSR count). The predicted molar refractivity (Wildman–Crippen MR) is 95.2 cm³/mol. The van der Waals surface area contributed by atoms with Gasteiger partial charge in [0.2, 0.25) is 5.91 Å². The van der Waals surface area contributed by atoms with Crippen molar-refractivity contribution >= 4 is 11.6 Å². The number of carbonyl (C=O) groups is 1. The predicted octanol–water partition coefficient (Wildman–Crippen LogP) is 1.99. The first-order valence-corrected chi connectivity index (χ1v) is 8.44. The van der Waals surface area contributed by atoms with Gasteiger partial charge in [-0.05, 0) is 48.2 Å². The Labute approximate surface area is 142 Å². The molecule has 3 N–H and O–H groups in total. The Balaban J connectivity index is 1.41. The lowest BCUT2D eigenvalue weighted by Crippen LogP contribution is -2.44. The van der Waals surface area contributed by atoms with Crippen LogP contribution in [-0.4, -0.2) is 34.9 Å². The van der Waals surface area contributed by atoms with Crippen molar-refractivity contribution in [2.45, 2.75) is 31.8 Å². The van der Waals surface area contributed by atoms with E-state index in [1.165, 1.54) is 5.56 Å². The molecule has 0 spiro atoms. The van der Waals surface area contributed by atoms with Crippen LogP contribution in [0.25, 0.3) is 0 Å². The van der Waals surface area contributed by atoms with Gasteiger partial charge in [0.15, 0.2) is 0 Å². The van der Waals surface area contributed by atoms with E-state index in [0.29, 0.717) is 6.42 Å². The van der Waals surface area contributed by atoms with E-state index in [4.69, 9.17) is 5.73 Å². The fourth-order valence-corrected chi connectivity index (χ4v) is 3.08. The summed E-state index contributed by atoms with van der Waals surface area (Å²) in [4.78, 5) is 18.7. The molecule has 0 saturated carbocycles. The van der Waals surface area contributed by atoms with Crippen LogP contribution in [0, 0.1) is 0 Å². The standard InChI is InChI=1S/C19H24N4O/c20-17-3-1-15(2-4-17)13-19(24)22-18-7-11-23(12-8-18)14-16-5-9-21-10-6-16/h1-6,9-10,18H,7-8,11-14,20H2,(H,22,24). The minimum absolute atomic E-state index is 0.0901. The number of hydrogen-bond donors (Lipinski definition) is 2. The van der Waals surface area contributed by atoms with E-state index < -0.39 is 0 Å². The molecule has 2 heterocycles. The maximum atomic E-state index is 12.2. The molecule has 0 aliphatic carbocycles. The molecule has 1 saturated heterocycles. The number of hydrogen-bond acceptors (Lipinski definition) is 4. The Kier molecular flexibility index (Phi) is 5.43. The third kappa shape index (κ3) is 4.80. The fourth-order valence-electron chi connectivity index (χ4n) is 3.08. The average molecular weight is 324 g/mol. The number of pyridine rings is 1. The SMILES string of the molecule is Nc1ccc(CC(=O)NC2CCN(Cc3ccncc3)CC2)cc1. The van der Waals surface area contributed by atoms with Crippen molar-refractivity contribution in [2.75, 3.05) is 18.8 Å². The van der Waals surface area contributed by atoms with Crippen LogP contribution in [-0.2, 0) is 17.8 Å². The van der Waals surface area contributed by atoms with Crippen LogP contribution >= 0.6 is 0 Å². The van der Waals surface area contributed by atoms with Gasteiger partial charge in [0, 0.05) is 43.8 Å². The van der Waals surface area contributed by atoms with Crippen molar-refractivity contribution in [2.24, 2.45) is 0 Å². The second-order valence-corrected chi connectivity index (χ2v) is 6.39. The molecule has 2 aromatic rings. The number of anilines is 1. The summed E-state index contributed by atoms with van der Waals surface area (Å²) in [5.74, 6) is 0.0901. The van der Waals surface area contributed by atoms with E-state index in [0.717, 1.165) is 43.7 Å². The molecule has 1 amide bonds. The van der Waals surface area contributed by atoms with Gasteiger partial charge < -0.3 is 11.1 Å². The molecule has 0 bridgehead atoms. The molecule has 0 radical (unpaired) electrons. The summed E-state index contributed by atoms with van der Waals surface area (Å²) in [5.41, 5.74) is 8.67. The number of rotatable bonds is 5. The third-order valence-corrected chi connectivity index (χ3v) is 4.45. The van der Waals surface area contributed by atoms with E-state index in [2.05, 4.69) is 27.3 Å². The number of piperidine rings is 1. The molecule has 1 aromatic carbocycles. The van der Waals surface area contributed by atoms with Crippen LogP contribution in [0.15, 0.2) is 48.8 Å². The molecular weight excluding hydrogens is 300 g/mol. The lowest BCUT2D eigenvalue weighted by atomic mass is 10.0. The average Bonchev–Trinajstić information content (AvgIpc) is 2.60. The second kappa shape index (κ2) is 7.93. The number of nitrogen functional groups attached to an aromatic ring is 1. The van der Waals surface area contributed by atoms with Crippen molar-refractivity contribution in [3.8, 4) is 0 Å². The third-order valence-electron chi connectivity index (χ3n) is 4.45. The van der Waals surface area contributed by atoms with Gasteiger partial charge in [-0.2, -0.15) is 0 Å².